The number of carbonyl (C=O) groups excluding carboxylic acids is 2. The van der Waals surface area contributed by atoms with E-state index in [-0.39, 0.29) is 30.6 Å². The number of rotatable bonds is 7. The highest BCUT2D eigenvalue weighted by Crippen LogP contribution is 2.31. The Morgan fingerprint density at radius 2 is 1.82 bits per heavy atom. The Kier molecular flexibility index (Phi) is 9.00. The molecule has 1 aliphatic carbocycles. The lowest BCUT2D eigenvalue weighted by molar-refractivity contribution is -0.126. The number of aliphatic hydroxyl groups excluding tert-OH is 1. The number of carbonyl (C=O) groups is 2. The number of hydrogen-bond donors (Lipinski definition) is 2. The van der Waals surface area contributed by atoms with Crippen molar-refractivity contribution in [3.05, 3.63) is 35.9 Å². The van der Waals surface area contributed by atoms with E-state index in [4.69, 9.17) is 14.6 Å². The molecule has 188 valence electrons. The molecular weight excluding hydrogens is 432 g/mol. The predicted octanol–water partition coefficient (Wildman–Crippen LogP) is 4.39. The van der Waals surface area contributed by atoms with Crippen molar-refractivity contribution >= 4 is 17.6 Å². The van der Waals surface area contributed by atoms with Crippen LogP contribution in [0.25, 0.3) is 5.57 Å². The molecule has 1 aliphatic heterocycles. The van der Waals surface area contributed by atoms with Gasteiger partial charge in [0.1, 0.15) is 11.4 Å². The van der Waals surface area contributed by atoms with Gasteiger partial charge in [-0.1, -0.05) is 18.2 Å². The number of allylic oxidation sites excluding steroid dienone is 2. The molecule has 1 fully saturated rings. The van der Waals surface area contributed by atoms with E-state index in [1.807, 2.05) is 32.9 Å². The Bertz CT molecular complexity index is 851. The first kappa shape index (κ1) is 26.1. The molecule has 2 atom stereocenters. The largest absolute Gasteiger partial charge is 0.493 e. The summed E-state index contributed by atoms with van der Waals surface area (Å²) in [6.45, 7) is 9.47. The van der Waals surface area contributed by atoms with E-state index in [1.54, 1.807) is 11.8 Å². The zero-order valence-corrected chi connectivity index (χ0v) is 21.0. The number of likely N-dealkylation sites (tertiary alicyclic amines) is 1. The van der Waals surface area contributed by atoms with Gasteiger partial charge in [0.25, 0.3) is 0 Å². The molecule has 3 rings (SSSR count). The topological polar surface area (TPSA) is 88.1 Å². The molecule has 1 aromatic rings. The van der Waals surface area contributed by atoms with Crippen LogP contribution in [0.4, 0.5) is 4.79 Å². The van der Waals surface area contributed by atoms with Crippen molar-refractivity contribution in [2.24, 2.45) is 11.8 Å². The van der Waals surface area contributed by atoms with Crippen molar-refractivity contribution in [3.8, 4) is 5.75 Å². The molecule has 7 nitrogen and oxygen atoms in total. The maximum absolute atomic E-state index is 12.3. The molecule has 0 radical (unpaired) electrons. The molecule has 0 saturated carbocycles. The first-order valence-electron chi connectivity index (χ1n) is 12.5. The second-order valence-electron chi connectivity index (χ2n) is 10.5. The molecule has 1 heterocycles. The Morgan fingerprint density at radius 3 is 2.38 bits per heavy atom. The van der Waals surface area contributed by atoms with Gasteiger partial charge in [0.05, 0.1) is 13.2 Å². The predicted molar refractivity (Wildman–Crippen MR) is 132 cm³/mol. The highest BCUT2D eigenvalue weighted by atomic mass is 16.6. The smallest absolute Gasteiger partial charge is 0.410 e. The summed E-state index contributed by atoms with van der Waals surface area (Å²) >= 11 is 0. The number of aliphatic hydroxyl groups is 1. The quantitative estimate of drug-likeness (QED) is 0.614. The fourth-order valence-corrected chi connectivity index (χ4v) is 4.33. The van der Waals surface area contributed by atoms with Gasteiger partial charge in [-0.05, 0) is 89.0 Å². The molecule has 7 heteroatoms. The van der Waals surface area contributed by atoms with Crippen LogP contribution in [-0.2, 0) is 9.53 Å². The lowest BCUT2D eigenvalue weighted by atomic mass is 9.86. The van der Waals surface area contributed by atoms with Gasteiger partial charge >= 0.3 is 6.09 Å². The maximum atomic E-state index is 12.3. The summed E-state index contributed by atoms with van der Waals surface area (Å²) in [5.74, 6) is 1.28. The third-order valence-electron chi connectivity index (χ3n) is 6.42. The van der Waals surface area contributed by atoms with Crippen LogP contribution in [0.5, 0.6) is 5.75 Å². The number of benzene rings is 1. The number of nitrogens with one attached hydrogen (secondary N) is 1. The second-order valence-corrected chi connectivity index (χ2v) is 10.5. The van der Waals surface area contributed by atoms with Crippen LogP contribution in [0, 0.1) is 11.8 Å². The molecule has 0 bridgehead atoms. The van der Waals surface area contributed by atoms with Gasteiger partial charge in [-0.3, -0.25) is 4.79 Å². The molecule has 0 aromatic heterocycles. The van der Waals surface area contributed by atoms with E-state index >= 15 is 0 Å². The number of hydrogen-bond acceptors (Lipinski definition) is 5. The third kappa shape index (κ3) is 7.76. The normalized spacial score (nSPS) is 20.3. The number of ether oxygens (including phenoxy) is 2. The van der Waals surface area contributed by atoms with Crippen molar-refractivity contribution < 1.29 is 24.2 Å². The summed E-state index contributed by atoms with van der Waals surface area (Å²) in [5.41, 5.74) is 1.97. The lowest BCUT2D eigenvalue weighted by Crippen LogP contribution is -2.42. The molecule has 2 unspecified atom stereocenters. The third-order valence-corrected chi connectivity index (χ3v) is 6.42. The molecule has 0 spiro atoms. The molecule has 1 saturated heterocycles. The van der Waals surface area contributed by atoms with Gasteiger partial charge in [-0.2, -0.15) is 0 Å². The van der Waals surface area contributed by atoms with Gasteiger partial charge in [0.2, 0.25) is 5.91 Å². The van der Waals surface area contributed by atoms with Gasteiger partial charge in [-0.15, -0.1) is 0 Å². The number of piperidine rings is 1. The fraction of sp³-hybridized carbons (Fsp3) is 0.630. The van der Waals surface area contributed by atoms with Crippen LogP contribution < -0.4 is 10.1 Å². The van der Waals surface area contributed by atoms with Gasteiger partial charge in [-0.25, -0.2) is 4.79 Å². The standard InChI is InChI=1S/C27H40N2O5/c1-19(17-30)28-25(31)23-7-5-21(6-8-23)22-9-11-24(12-10-22)33-18-20-13-15-29(16-14-20)26(32)34-27(2,3)4/h5,9-12,19-20,23,30H,6-8,13-18H2,1-4H3,(H,28,31). The summed E-state index contributed by atoms with van der Waals surface area (Å²) in [5, 5.41) is 12.0. The summed E-state index contributed by atoms with van der Waals surface area (Å²) < 4.78 is 11.5. The molecule has 2 aliphatic rings. The molecule has 2 N–H and O–H groups in total. The summed E-state index contributed by atoms with van der Waals surface area (Å²) in [4.78, 5) is 26.3. The monoisotopic (exact) mass is 472 g/mol. The fourth-order valence-electron chi connectivity index (χ4n) is 4.33. The summed E-state index contributed by atoms with van der Waals surface area (Å²) in [7, 11) is 0. The van der Waals surface area contributed by atoms with Gasteiger partial charge in [0.15, 0.2) is 0 Å². The van der Waals surface area contributed by atoms with E-state index in [2.05, 4.69) is 23.5 Å². The van der Waals surface area contributed by atoms with Crippen LogP contribution in [-0.4, -0.2) is 60.0 Å². The SMILES string of the molecule is CC(CO)NC(=O)C1CC=C(c2ccc(OCC3CCN(C(=O)OC(C)(C)C)CC3)cc2)CC1. The number of amides is 2. The zero-order valence-electron chi connectivity index (χ0n) is 21.0. The van der Waals surface area contributed by atoms with Crippen molar-refractivity contribution in [1.82, 2.24) is 10.2 Å². The minimum absolute atomic E-state index is 0.0255. The van der Waals surface area contributed by atoms with Crippen LogP contribution in [0.3, 0.4) is 0 Å². The van der Waals surface area contributed by atoms with E-state index in [9.17, 15) is 9.59 Å². The van der Waals surface area contributed by atoms with Crippen molar-refractivity contribution in [2.45, 2.75) is 71.4 Å². The molecule has 1 aromatic carbocycles. The van der Waals surface area contributed by atoms with Crippen LogP contribution in [0.1, 0.15) is 65.4 Å². The molecule has 2 amide bonds. The Hall–Kier alpha value is -2.54. The maximum Gasteiger partial charge on any atom is 0.410 e. The highest BCUT2D eigenvalue weighted by molar-refractivity contribution is 5.80. The van der Waals surface area contributed by atoms with E-state index in [0.717, 1.165) is 37.9 Å². The lowest BCUT2D eigenvalue weighted by Gasteiger charge is -2.33. The van der Waals surface area contributed by atoms with E-state index < -0.39 is 5.60 Å². The van der Waals surface area contributed by atoms with Gasteiger partial charge in [0, 0.05) is 25.0 Å². The number of nitrogens with zero attached hydrogens (tertiary/aromatic N) is 1. The van der Waals surface area contributed by atoms with Crippen LogP contribution in [0.15, 0.2) is 30.3 Å². The van der Waals surface area contributed by atoms with Crippen LogP contribution in [0.2, 0.25) is 0 Å². The first-order chi connectivity index (χ1) is 16.1. The van der Waals surface area contributed by atoms with Gasteiger partial charge < -0.3 is 24.8 Å². The molecular formula is C27H40N2O5. The minimum atomic E-state index is -0.466. The second kappa shape index (κ2) is 11.7. The summed E-state index contributed by atoms with van der Waals surface area (Å²) in [6, 6.07) is 7.98. The Morgan fingerprint density at radius 1 is 1.15 bits per heavy atom. The average molecular weight is 473 g/mol. The highest BCUT2D eigenvalue weighted by Gasteiger charge is 2.27. The van der Waals surface area contributed by atoms with E-state index in [1.165, 1.54) is 11.1 Å². The average Bonchev–Trinajstić information content (AvgIpc) is 2.82. The van der Waals surface area contributed by atoms with Crippen LogP contribution >= 0.6 is 0 Å². The van der Waals surface area contributed by atoms with Crippen molar-refractivity contribution in [3.63, 3.8) is 0 Å². The Labute approximate surface area is 203 Å². The molecule has 34 heavy (non-hydrogen) atoms. The Balaban J connectivity index is 1.42. The van der Waals surface area contributed by atoms with Crippen molar-refractivity contribution in [2.75, 3.05) is 26.3 Å². The zero-order chi connectivity index (χ0) is 24.7. The minimum Gasteiger partial charge on any atom is -0.493 e. The summed E-state index contributed by atoms with van der Waals surface area (Å²) in [6.07, 6.45) is 6.15. The van der Waals surface area contributed by atoms with Crippen molar-refractivity contribution in [1.29, 1.82) is 0 Å². The van der Waals surface area contributed by atoms with E-state index in [0.29, 0.717) is 25.6 Å². The first-order valence-corrected chi connectivity index (χ1v) is 12.5.